The molecule has 4 aliphatic rings. The van der Waals surface area contributed by atoms with Crippen molar-refractivity contribution in [1.29, 1.82) is 0 Å². The van der Waals surface area contributed by atoms with E-state index in [0.717, 1.165) is 37.9 Å². The number of fused-ring (bicyclic) bond motifs is 1. The quantitative estimate of drug-likeness (QED) is 0.495. The maximum Gasteiger partial charge on any atom is 0.246 e. The molecular weight excluding hydrogens is 470 g/mol. The average molecular weight is 510 g/mol. The van der Waals surface area contributed by atoms with Gasteiger partial charge in [0.1, 0.15) is 17.4 Å². The van der Waals surface area contributed by atoms with Gasteiger partial charge in [0.25, 0.3) is 0 Å². The number of nitrogens with zero attached hydrogens (tertiary/aromatic N) is 1. The Bertz CT molecular complexity index is 1060. The van der Waals surface area contributed by atoms with E-state index in [1.54, 1.807) is 29.2 Å². The van der Waals surface area contributed by atoms with Crippen LogP contribution in [0.4, 0.5) is 5.69 Å². The number of hydrogen-bond donors (Lipinski definition) is 2. The van der Waals surface area contributed by atoms with E-state index in [2.05, 4.69) is 24.5 Å². The number of unbranched alkanes of at least 4 members (excludes halogenated alkanes) is 1. The van der Waals surface area contributed by atoms with Crippen LogP contribution in [-0.4, -0.2) is 59.6 Å². The summed E-state index contributed by atoms with van der Waals surface area (Å²) in [5.74, 6) is -0.884. The highest BCUT2D eigenvalue weighted by Gasteiger charge is 2.72. The SMILES string of the molecule is CCCCN1C(=O)[C@@H]2[C@H](C(=O)Nc3ccc(OCC)cc3)[C@@H]3C=C[C@@]2(O3)[C@@H]1C(=O)N[C@H]1CCCC[C@@H]1C. The average Bonchev–Trinajstić information content (AvgIpc) is 3.53. The fraction of sp³-hybridized carbons (Fsp3) is 0.621. The molecule has 1 aromatic rings. The van der Waals surface area contributed by atoms with Crippen molar-refractivity contribution in [3.8, 4) is 5.75 Å². The summed E-state index contributed by atoms with van der Waals surface area (Å²) in [6.45, 7) is 7.20. The molecule has 0 unspecified atom stereocenters. The summed E-state index contributed by atoms with van der Waals surface area (Å²) < 4.78 is 11.9. The summed E-state index contributed by atoms with van der Waals surface area (Å²) in [6.07, 6.45) is 9.21. The molecule has 0 aromatic heterocycles. The summed E-state index contributed by atoms with van der Waals surface area (Å²) in [7, 11) is 0. The highest BCUT2D eigenvalue weighted by molar-refractivity contribution is 6.02. The molecule has 8 heteroatoms. The first-order valence-corrected chi connectivity index (χ1v) is 13.9. The lowest BCUT2D eigenvalue weighted by molar-refractivity contribution is -0.141. The molecule has 3 amide bonds. The standard InChI is InChI=1S/C29H39N3O5/c1-4-6-17-32-25(27(34)31-21-10-8-7-9-18(21)3)29-16-15-22(37-29)23(24(29)28(32)35)26(33)30-19-11-13-20(14-12-19)36-5-2/h11-16,18,21-25H,4-10,17H2,1-3H3,(H,30,33)(H,31,34)/t18-,21-,22-,23+,24-,25-,29-/m0/s1. The van der Waals surface area contributed by atoms with Gasteiger partial charge in [-0.15, -0.1) is 0 Å². The zero-order valence-corrected chi connectivity index (χ0v) is 22.1. The zero-order valence-electron chi connectivity index (χ0n) is 22.1. The van der Waals surface area contributed by atoms with Crippen LogP contribution >= 0.6 is 0 Å². The lowest BCUT2D eigenvalue weighted by atomic mass is 9.74. The smallest absolute Gasteiger partial charge is 0.246 e. The van der Waals surface area contributed by atoms with Crippen LogP contribution < -0.4 is 15.4 Å². The number of ether oxygens (including phenoxy) is 2. The van der Waals surface area contributed by atoms with Crippen LogP contribution in [0.2, 0.25) is 0 Å². The van der Waals surface area contributed by atoms with Gasteiger partial charge in [0.05, 0.1) is 24.5 Å². The molecule has 1 aliphatic carbocycles. The maximum atomic E-state index is 13.9. The van der Waals surface area contributed by atoms with E-state index in [1.807, 2.05) is 19.1 Å². The minimum atomic E-state index is -1.11. The predicted molar refractivity (Wildman–Crippen MR) is 140 cm³/mol. The van der Waals surface area contributed by atoms with Gasteiger partial charge < -0.3 is 25.0 Å². The van der Waals surface area contributed by atoms with Crippen LogP contribution in [0.25, 0.3) is 0 Å². The number of hydrogen-bond acceptors (Lipinski definition) is 5. The molecule has 3 fully saturated rings. The molecule has 1 aromatic carbocycles. The van der Waals surface area contributed by atoms with Crippen LogP contribution in [0.15, 0.2) is 36.4 Å². The number of nitrogens with one attached hydrogen (secondary N) is 2. The molecule has 200 valence electrons. The van der Waals surface area contributed by atoms with Crippen LogP contribution in [0.5, 0.6) is 5.75 Å². The number of carbonyl (C=O) groups excluding carboxylic acids is 3. The fourth-order valence-corrected chi connectivity index (χ4v) is 6.66. The Hall–Kier alpha value is -2.87. The summed E-state index contributed by atoms with van der Waals surface area (Å²) in [6, 6.07) is 6.51. The number of likely N-dealkylation sites (tertiary alicyclic amines) is 1. The van der Waals surface area contributed by atoms with Crippen molar-refractivity contribution in [1.82, 2.24) is 10.2 Å². The molecule has 1 spiro atoms. The van der Waals surface area contributed by atoms with Crippen molar-refractivity contribution in [3.63, 3.8) is 0 Å². The molecule has 8 nitrogen and oxygen atoms in total. The third kappa shape index (κ3) is 4.54. The van der Waals surface area contributed by atoms with E-state index in [4.69, 9.17) is 9.47 Å². The Kier molecular flexibility index (Phi) is 7.30. The van der Waals surface area contributed by atoms with Crippen molar-refractivity contribution in [2.45, 2.75) is 83.1 Å². The van der Waals surface area contributed by atoms with E-state index in [1.165, 1.54) is 6.42 Å². The van der Waals surface area contributed by atoms with Crippen molar-refractivity contribution in [2.75, 3.05) is 18.5 Å². The Morgan fingerprint density at radius 1 is 1.14 bits per heavy atom. The summed E-state index contributed by atoms with van der Waals surface area (Å²) in [4.78, 5) is 42.9. The molecule has 2 saturated heterocycles. The summed E-state index contributed by atoms with van der Waals surface area (Å²) in [5, 5.41) is 6.23. The lowest BCUT2D eigenvalue weighted by Gasteiger charge is -2.36. The Labute approximate surface area is 219 Å². The van der Waals surface area contributed by atoms with Gasteiger partial charge in [-0.25, -0.2) is 0 Å². The summed E-state index contributed by atoms with van der Waals surface area (Å²) >= 11 is 0. The van der Waals surface area contributed by atoms with Gasteiger partial charge in [0.2, 0.25) is 17.7 Å². The van der Waals surface area contributed by atoms with Gasteiger partial charge in [-0.1, -0.05) is 45.3 Å². The van der Waals surface area contributed by atoms with Crippen molar-refractivity contribution < 1.29 is 23.9 Å². The second-order valence-corrected chi connectivity index (χ2v) is 10.9. The van der Waals surface area contributed by atoms with E-state index >= 15 is 0 Å². The maximum absolute atomic E-state index is 13.9. The highest BCUT2D eigenvalue weighted by atomic mass is 16.5. The fourth-order valence-electron chi connectivity index (χ4n) is 6.66. The van der Waals surface area contributed by atoms with E-state index in [-0.39, 0.29) is 23.8 Å². The van der Waals surface area contributed by atoms with Crippen LogP contribution in [-0.2, 0) is 19.1 Å². The minimum Gasteiger partial charge on any atom is -0.494 e. The number of carbonyl (C=O) groups is 3. The summed E-state index contributed by atoms with van der Waals surface area (Å²) in [5.41, 5.74) is -0.485. The van der Waals surface area contributed by atoms with Crippen LogP contribution in [0, 0.1) is 17.8 Å². The Morgan fingerprint density at radius 3 is 2.59 bits per heavy atom. The monoisotopic (exact) mass is 509 g/mol. The molecule has 2 bridgehead atoms. The van der Waals surface area contributed by atoms with Gasteiger partial charge in [-0.05, 0) is 56.4 Å². The zero-order chi connectivity index (χ0) is 26.2. The normalized spacial score (nSPS) is 33.9. The van der Waals surface area contributed by atoms with E-state index < -0.39 is 29.6 Å². The first-order valence-electron chi connectivity index (χ1n) is 13.9. The largest absolute Gasteiger partial charge is 0.494 e. The number of rotatable bonds is 9. The van der Waals surface area contributed by atoms with Crippen molar-refractivity contribution >= 4 is 23.4 Å². The molecule has 1 saturated carbocycles. The lowest BCUT2D eigenvalue weighted by Crippen LogP contribution is -2.57. The molecule has 37 heavy (non-hydrogen) atoms. The van der Waals surface area contributed by atoms with E-state index in [0.29, 0.717) is 24.8 Å². The third-order valence-electron chi connectivity index (χ3n) is 8.55. The van der Waals surface area contributed by atoms with Gasteiger partial charge in [-0.3, -0.25) is 14.4 Å². The second kappa shape index (κ2) is 10.5. The second-order valence-electron chi connectivity index (χ2n) is 10.9. The first kappa shape index (κ1) is 25.8. The molecule has 5 rings (SSSR count). The molecule has 7 atom stereocenters. The van der Waals surface area contributed by atoms with Crippen molar-refractivity contribution in [3.05, 3.63) is 36.4 Å². The van der Waals surface area contributed by atoms with Crippen LogP contribution in [0.1, 0.15) is 59.3 Å². The Morgan fingerprint density at radius 2 is 1.89 bits per heavy atom. The van der Waals surface area contributed by atoms with Crippen molar-refractivity contribution in [2.24, 2.45) is 17.8 Å². The molecule has 3 aliphatic heterocycles. The van der Waals surface area contributed by atoms with Gasteiger partial charge in [-0.2, -0.15) is 0 Å². The van der Waals surface area contributed by atoms with Gasteiger partial charge >= 0.3 is 0 Å². The van der Waals surface area contributed by atoms with Gasteiger partial charge in [0, 0.05) is 18.3 Å². The predicted octanol–water partition coefficient (Wildman–Crippen LogP) is 3.67. The molecule has 3 heterocycles. The van der Waals surface area contributed by atoms with E-state index in [9.17, 15) is 14.4 Å². The topological polar surface area (TPSA) is 97.0 Å². The number of benzene rings is 1. The first-order chi connectivity index (χ1) is 17.9. The van der Waals surface area contributed by atoms with Crippen LogP contribution in [0.3, 0.4) is 0 Å². The Balaban J connectivity index is 1.39. The molecule has 2 N–H and O–H groups in total. The number of anilines is 1. The van der Waals surface area contributed by atoms with Gasteiger partial charge in [0.15, 0.2) is 0 Å². The molecular formula is C29H39N3O5. The number of amides is 3. The third-order valence-corrected chi connectivity index (χ3v) is 8.55. The minimum absolute atomic E-state index is 0.0983. The highest BCUT2D eigenvalue weighted by Crippen LogP contribution is 2.55. The molecule has 0 radical (unpaired) electrons.